The quantitative estimate of drug-likeness (QED) is 0.936. The zero-order chi connectivity index (χ0) is 17.0. The standard InChI is InChI=1S/C20H26N4O/c1-13-4-7-16-17(11-13)22-19(21-16)14-3-2-9-23(12-14)18-8-10-24(20(18)25)15-5-6-15/h4,7,11,14-15,18H,2-3,5-6,8-10,12H2,1H3,(H,21,22)/t14-,18+/m0/s1. The molecule has 0 spiro atoms. The number of carbonyl (C=O) groups excluding carboxylic acids is 1. The van der Waals surface area contributed by atoms with Crippen LogP contribution in [0.5, 0.6) is 0 Å². The molecule has 3 heterocycles. The second-order valence-electron chi connectivity index (χ2n) is 8.04. The Bertz CT molecular complexity index is 809. The van der Waals surface area contributed by atoms with Crippen LogP contribution in [0.25, 0.3) is 11.0 Å². The van der Waals surface area contributed by atoms with Crippen LogP contribution in [0.3, 0.4) is 0 Å². The van der Waals surface area contributed by atoms with E-state index >= 15 is 0 Å². The topological polar surface area (TPSA) is 52.2 Å². The minimum absolute atomic E-state index is 0.107. The molecule has 1 aromatic heterocycles. The van der Waals surface area contributed by atoms with Gasteiger partial charge in [0.1, 0.15) is 5.82 Å². The summed E-state index contributed by atoms with van der Waals surface area (Å²) in [6.45, 7) is 5.07. The number of nitrogens with zero attached hydrogens (tertiary/aromatic N) is 3. The van der Waals surface area contributed by atoms with Gasteiger partial charge in [-0.05, 0) is 63.3 Å². The number of carbonyl (C=O) groups is 1. The lowest BCUT2D eigenvalue weighted by molar-refractivity contribution is -0.133. The molecule has 0 unspecified atom stereocenters. The van der Waals surface area contributed by atoms with Crippen molar-refractivity contribution in [3.05, 3.63) is 29.6 Å². The van der Waals surface area contributed by atoms with Crippen molar-refractivity contribution < 1.29 is 4.79 Å². The Morgan fingerprint density at radius 3 is 2.88 bits per heavy atom. The Hall–Kier alpha value is -1.88. The van der Waals surface area contributed by atoms with Gasteiger partial charge in [0, 0.05) is 25.0 Å². The van der Waals surface area contributed by atoms with Crippen molar-refractivity contribution in [2.24, 2.45) is 0 Å². The predicted molar refractivity (Wildman–Crippen MR) is 97.5 cm³/mol. The second kappa shape index (κ2) is 5.84. The Kier molecular flexibility index (Phi) is 3.59. The van der Waals surface area contributed by atoms with Gasteiger partial charge in [-0.2, -0.15) is 0 Å². The molecule has 0 bridgehead atoms. The number of imidazole rings is 1. The third kappa shape index (κ3) is 2.74. The summed E-state index contributed by atoms with van der Waals surface area (Å²) in [6, 6.07) is 7.04. The zero-order valence-electron chi connectivity index (χ0n) is 14.9. The molecule has 1 amide bonds. The van der Waals surface area contributed by atoms with Gasteiger partial charge in [-0.1, -0.05) is 6.07 Å². The van der Waals surface area contributed by atoms with Crippen LogP contribution in [-0.4, -0.2) is 57.4 Å². The largest absolute Gasteiger partial charge is 0.342 e. The first kappa shape index (κ1) is 15.4. The van der Waals surface area contributed by atoms with Gasteiger partial charge in [-0.3, -0.25) is 9.69 Å². The smallest absolute Gasteiger partial charge is 0.240 e. The summed E-state index contributed by atoms with van der Waals surface area (Å²) in [5.74, 6) is 1.88. The van der Waals surface area contributed by atoms with E-state index in [1.165, 1.54) is 18.4 Å². The Labute approximate surface area is 148 Å². The van der Waals surface area contributed by atoms with Gasteiger partial charge in [-0.25, -0.2) is 4.98 Å². The number of rotatable bonds is 3. The monoisotopic (exact) mass is 338 g/mol. The number of aryl methyl sites for hydroxylation is 1. The second-order valence-corrected chi connectivity index (χ2v) is 8.04. The van der Waals surface area contributed by atoms with Gasteiger partial charge in [0.25, 0.3) is 0 Å². The molecule has 5 nitrogen and oxygen atoms in total. The van der Waals surface area contributed by atoms with Crippen LogP contribution in [-0.2, 0) is 4.79 Å². The van der Waals surface area contributed by atoms with Gasteiger partial charge >= 0.3 is 0 Å². The molecule has 2 aliphatic heterocycles. The van der Waals surface area contributed by atoms with Crippen molar-refractivity contribution in [2.45, 2.75) is 57.0 Å². The number of piperidine rings is 1. The van der Waals surface area contributed by atoms with Crippen molar-refractivity contribution in [2.75, 3.05) is 19.6 Å². The van der Waals surface area contributed by atoms with E-state index in [1.54, 1.807) is 0 Å². The summed E-state index contributed by atoms with van der Waals surface area (Å²) >= 11 is 0. The van der Waals surface area contributed by atoms with E-state index in [0.29, 0.717) is 17.9 Å². The lowest BCUT2D eigenvalue weighted by Gasteiger charge is -2.35. The van der Waals surface area contributed by atoms with E-state index < -0.39 is 0 Å². The fourth-order valence-corrected chi connectivity index (χ4v) is 4.62. The van der Waals surface area contributed by atoms with Crippen LogP contribution in [0.2, 0.25) is 0 Å². The summed E-state index contributed by atoms with van der Waals surface area (Å²) in [5.41, 5.74) is 3.43. The van der Waals surface area contributed by atoms with E-state index in [0.717, 1.165) is 55.8 Å². The van der Waals surface area contributed by atoms with E-state index in [9.17, 15) is 4.79 Å². The number of hydrogen-bond donors (Lipinski definition) is 1. The third-order valence-electron chi connectivity index (χ3n) is 6.14. The van der Waals surface area contributed by atoms with Crippen molar-refractivity contribution in [1.82, 2.24) is 19.8 Å². The van der Waals surface area contributed by atoms with Crippen LogP contribution in [0, 0.1) is 6.92 Å². The summed E-state index contributed by atoms with van der Waals surface area (Å²) in [6.07, 6.45) is 5.72. The van der Waals surface area contributed by atoms with Crippen molar-refractivity contribution >= 4 is 16.9 Å². The molecule has 5 heteroatoms. The summed E-state index contributed by atoms with van der Waals surface area (Å²) in [4.78, 5) is 25.7. The fraction of sp³-hybridized carbons (Fsp3) is 0.600. The van der Waals surface area contributed by atoms with Crippen molar-refractivity contribution in [3.63, 3.8) is 0 Å². The molecule has 2 atom stereocenters. The number of benzene rings is 1. The number of likely N-dealkylation sites (tertiary alicyclic amines) is 2. The molecule has 132 valence electrons. The van der Waals surface area contributed by atoms with Gasteiger partial charge in [0.05, 0.1) is 17.1 Å². The average molecular weight is 338 g/mol. The van der Waals surface area contributed by atoms with Gasteiger partial charge < -0.3 is 9.88 Å². The Morgan fingerprint density at radius 2 is 2.04 bits per heavy atom. The van der Waals surface area contributed by atoms with E-state index in [-0.39, 0.29) is 6.04 Å². The highest BCUT2D eigenvalue weighted by molar-refractivity contribution is 5.84. The zero-order valence-corrected chi connectivity index (χ0v) is 14.9. The third-order valence-corrected chi connectivity index (χ3v) is 6.14. The lowest BCUT2D eigenvalue weighted by atomic mass is 9.95. The minimum Gasteiger partial charge on any atom is -0.342 e. The molecule has 25 heavy (non-hydrogen) atoms. The molecule has 1 saturated carbocycles. The first-order valence-corrected chi connectivity index (χ1v) is 9.70. The van der Waals surface area contributed by atoms with E-state index in [4.69, 9.17) is 4.98 Å². The molecule has 3 aliphatic rings. The Balaban J connectivity index is 1.34. The first-order valence-electron chi connectivity index (χ1n) is 9.70. The van der Waals surface area contributed by atoms with E-state index in [1.807, 2.05) is 0 Å². The molecule has 2 aromatic rings. The average Bonchev–Trinajstić information content (AvgIpc) is 3.25. The van der Waals surface area contributed by atoms with Gasteiger partial charge in [0.15, 0.2) is 0 Å². The molecule has 1 aliphatic carbocycles. The van der Waals surface area contributed by atoms with Crippen LogP contribution < -0.4 is 0 Å². The molecule has 3 fully saturated rings. The number of H-pyrrole nitrogens is 1. The molecule has 1 N–H and O–H groups in total. The molecule has 1 aromatic carbocycles. The molecule has 0 radical (unpaired) electrons. The predicted octanol–water partition coefficient (Wildman–Crippen LogP) is 2.81. The maximum atomic E-state index is 12.8. The summed E-state index contributed by atoms with van der Waals surface area (Å²) in [7, 11) is 0. The number of hydrogen-bond acceptors (Lipinski definition) is 3. The highest BCUT2D eigenvalue weighted by Crippen LogP contribution is 2.34. The number of aromatic amines is 1. The molecular weight excluding hydrogens is 312 g/mol. The highest BCUT2D eigenvalue weighted by atomic mass is 16.2. The maximum Gasteiger partial charge on any atom is 0.240 e. The highest BCUT2D eigenvalue weighted by Gasteiger charge is 2.43. The molecular formula is C20H26N4O. The summed E-state index contributed by atoms with van der Waals surface area (Å²) in [5, 5.41) is 0. The van der Waals surface area contributed by atoms with Crippen LogP contribution >= 0.6 is 0 Å². The minimum atomic E-state index is 0.107. The normalized spacial score (nSPS) is 28.2. The Morgan fingerprint density at radius 1 is 1.16 bits per heavy atom. The van der Waals surface area contributed by atoms with Gasteiger partial charge in [0.2, 0.25) is 5.91 Å². The summed E-state index contributed by atoms with van der Waals surface area (Å²) < 4.78 is 0. The number of fused-ring (bicyclic) bond motifs is 1. The van der Waals surface area contributed by atoms with Gasteiger partial charge in [-0.15, -0.1) is 0 Å². The maximum absolute atomic E-state index is 12.8. The van der Waals surface area contributed by atoms with Crippen molar-refractivity contribution in [3.8, 4) is 0 Å². The number of amides is 1. The number of nitrogens with one attached hydrogen (secondary N) is 1. The SMILES string of the molecule is Cc1ccc2nc([C@H]3CCCN([C@@H]4CCN(C5CC5)C4=O)C3)[nH]c2c1. The fourth-order valence-electron chi connectivity index (χ4n) is 4.62. The van der Waals surface area contributed by atoms with Crippen molar-refractivity contribution in [1.29, 1.82) is 0 Å². The molecule has 2 saturated heterocycles. The van der Waals surface area contributed by atoms with Crippen LogP contribution in [0.15, 0.2) is 18.2 Å². The lowest BCUT2D eigenvalue weighted by Crippen LogP contribution is -2.46. The van der Waals surface area contributed by atoms with Crippen LogP contribution in [0.1, 0.15) is 49.4 Å². The molecule has 5 rings (SSSR count). The van der Waals surface area contributed by atoms with Crippen LogP contribution in [0.4, 0.5) is 0 Å². The first-order chi connectivity index (χ1) is 12.2. The number of aromatic nitrogens is 2. The van der Waals surface area contributed by atoms with E-state index in [2.05, 4.69) is 39.9 Å².